The van der Waals surface area contributed by atoms with Gasteiger partial charge < -0.3 is 19.7 Å². The summed E-state index contributed by atoms with van der Waals surface area (Å²) >= 11 is 1.61. The molecule has 0 fully saturated rings. The summed E-state index contributed by atoms with van der Waals surface area (Å²) in [4.78, 5) is 24.4. The van der Waals surface area contributed by atoms with Gasteiger partial charge in [0.2, 0.25) is 0 Å². The van der Waals surface area contributed by atoms with Crippen LogP contribution in [0.4, 0.5) is 10.5 Å². The number of nitrogens with one attached hydrogen (secondary N) is 1. The normalized spacial score (nSPS) is 12.8. The van der Waals surface area contributed by atoms with E-state index in [-0.39, 0.29) is 19.1 Å². The van der Waals surface area contributed by atoms with Crippen molar-refractivity contribution in [1.29, 1.82) is 0 Å². The van der Waals surface area contributed by atoms with Gasteiger partial charge in [0.1, 0.15) is 18.5 Å². The molecule has 0 aromatic heterocycles. The van der Waals surface area contributed by atoms with E-state index in [0.29, 0.717) is 24.3 Å². The molecule has 2 aromatic carbocycles. The number of carboxylic acids is 1. The Morgan fingerprint density at radius 3 is 2.59 bits per heavy atom. The first-order valence-electron chi connectivity index (χ1n) is 10.3. The monoisotopic (exact) mass is 459 g/mol. The molecule has 0 saturated heterocycles. The van der Waals surface area contributed by atoms with E-state index >= 15 is 0 Å². The van der Waals surface area contributed by atoms with Crippen LogP contribution in [0.25, 0.3) is 0 Å². The molecule has 0 bridgehead atoms. The highest BCUT2D eigenvalue weighted by molar-refractivity contribution is 7.98. The van der Waals surface area contributed by atoms with Gasteiger partial charge in [-0.25, -0.2) is 9.59 Å². The fourth-order valence-electron chi connectivity index (χ4n) is 3.09. The Balaban J connectivity index is 2.14. The van der Waals surface area contributed by atoms with Gasteiger partial charge in [-0.15, -0.1) is 11.8 Å². The van der Waals surface area contributed by atoms with E-state index in [4.69, 9.17) is 19.7 Å². The van der Waals surface area contributed by atoms with Crippen LogP contribution in [-0.4, -0.2) is 41.7 Å². The number of amides is 1. The van der Waals surface area contributed by atoms with Crippen molar-refractivity contribution in [3.8, 4) is 5.75 Å². The van der Waals surface area contributed by atoms with E-state index < -0.39 is 18.2 Å². The second-order valence-corrected chi connectivity index (χ2v) is 8.00. The summed E-state index contributed by atoms with van der Waals surface area (Å²) in [5.41, 5.74) is 1.38. The van der Waals surface area contributed by atoms with Crippen molar-refractivity contribution in [2.24, 2.45) is 5.92 Å². The lowest BCUT2D eigenvalue weighted by atomic mass is 9.93. The summed E-state index contributed by atoms with van der Waals surface area (Å²) in [6, 6.07) is 14.6. The highest BCUT2D eigenvalue weighted by atomic mass is 32.2. The summed E-state index contributed by atoms with van der Waals surface area (Å²) in [6.07, 6.45) is 4.67. The number of rotatable bonds is 12. The number of thioether (sulfide) groups is 1. The van der Waals surface area contributed by atoms with Gasteiger partial charge in [0, 0.05) is 16.7 Å². The van der Waals surface area contributed by atoms with Crippen molar-refractivity contribution >= 4 is 29.5 Å². The second-order valence-electron chi connectivity index (χ2n) is 7.12. The van der Waals surface area contributed by atoms with Crippen LogP contribution < -0.4 is 10.1 Å². The number of carbonyl (C=O) groups is 2. The molecule has 3 N–H and O–H groups in total. The maximum atomic E-state index is 12.6. The topological polar surface area (TPSA) is 105 Å². The van der Waals surface area contributed by atoms with Crippen LogP contribution in [0.2, 0.25) is 0 Å². The van der Waals surface area contributed by atoms with Crippen LogP contribution in [0.15, 0.2) is 65.6 Å². The number of benzene rings is 2. The predicted molar refractivity (Wildman–Crippen MR) is 125 cm³/mol. The lowest BCUT2D eigenvalue weighted by Crippen LogP contribution is -2.22. The van der Waals surface area contributed by atoms with Gasteiger partial charge in [-0.3, -0.25) is 5.32 Å². The number of hydrogen-bond donors (Lipinski definition) is 3. The van der Waals surface area contributed by atoms with Gasteiger partial charge in [-0.05, 0) is 67.0 Å². The Morgan fingerprint density at radius 2 is 1.94 bits per heavy atom. The van der Waals surface area contributed by atoms with Crippen molar-refractivity contribution in [3.05, 3.63) is 66.2 Å². The van der Waals surface area contributed by atoms with Crippen LogP contribution in [-0.2, 0) is 9.53 Å². The van der Waals surface area contributed by atoms with E-state index in [2.05, 4.69) is 5.32 Å². The molecule has 7 nitrogen and oxygen atoms in total. The molecule has 1 amide bonds. The number of hydrogen-bond acceptors (Lipinski definition) is 6. The van der Waals surface area contributed by atoms with Gasteiger partial charge in [-0.2, -0.15) is 0 Å². The Morgan fingerprint density at radius 1 is 1.19 bits per heavy atom. The first kappa shape index (κ1) is 25.3. The number of aliphatic hydroxyl groups is 1. The standard InChI is InChI=1S/C24H29NO6S/c1-17(6-3-4-9-22(27)28)23(18-7-5-8-20(16-18)30-15-14-26)31-24(29)25-19-10-12-21(32-2)13-11-19/h4-5,7-13,16-17,23,26H,3,6,14-15H2,1-2H3,(H,25,29)(H,27,28)/b9-4+/t17-,23-/m0/s1. The third-order valence-electron chi connectivity index (χ3n) is 4.68. The third-order valence-corrected chi connectivity index (χ3v) is 5.43. The molecule has 0 heterocycles. The number of allylic oxidation sites excluding steroid dienone is 1. The lowest BCUT2D eigenvalue weighted by Gasteiger charge is -2.25. The molecule has 32 heavy (non-hydrogen) atoms. The summed E-state index contributed by atoms with van der Waals surface area (Å²) in [5, 5.41) is 20.5. The van der Waals surface area contributed by atoms with Crippen molar-refractivity contribution in [2.75, 3.05) is 24.8 Å². The second kappa shape index (κ2) is 13.4. The molecule has 0 spiro atoms. The molecule has 0 aliphatic heterocycles. The largest absolute Gasteiger partial charge is 0.491 e. The number of ether oxygens (including phenoxy) is 2. The van der Waals surface area contributed by atoms with Crippen LogP contribution in [0.3, 0.4) is 0 Å². The molecule has 2 atom stereocenters. The SMILES string of the molecule is CSc1ccc(NC(=O)O[C@H](c2cccc(OCCO)c2)[C@@H](C)CC/C=C/C(=O)O)cc1. The van der Waals surface area contributed by atoms with E-state index in [1.54, 1.807) is 36.0 Å². The molecule has 0 aliphatic rings. The highest BCUT2D eigenvalue weighted by Gasteiger charge is 2.24. The molecule has 2 rings (SSSR count). The van der Waals surface area contributed by atoms with Gasteiger partial charge in [0.15, 0.2) is 0 Å². The molecular formula is C24H29NO6S. The average molecular weight is 460 g/mol. The molecule has 0 radical (unpaired) electrons. The molecule has 0 saturated carbocycles. The van der Waals surface area contributed by atoms with E-state index in [9.17, 15) is 9.59 Å². The fraction of sp³-hybridized carbons (Fsp3) is 0.333. The van der Waals surface area contributed by atoms with Gasteiger partial charge in [0.05, 0.1) is 6.61 Å². The summed E-state index contributed by atoms with van der Waals surface area (Å²) in [6.45, 7) is 2.01. The molecular weight excluding hydrogens is 430 g/mol. The lowest BCUT2D eigenvalue weighted by molar-refractivity contribution is -0.131. The van der Waals surface area contributed by atoms with E-state index in [0.717, 1.165) is 16.5 Å². The molecule has 0 aliphatic carbocycles. The Hall–Kier alpha value is -2.97. The number of carbonyl (C=O) groups excluding carboxylic acids is 1. The van der Waals surface area contributed by atoms with Crippen molar-refractivity contribution < 1.29 is 29.3 Å². The van der Waals surface area contributed by atoms with Gasteiger partial charge >= 0.3 is 12.1 Å². The summed E-state index contributed by atoms with van der Waals surface area (Å²) in [5.74, 6) is -0.520. The van der Waals surface area contributed by atoms with Crippen LogP contribution in [0.5, 0.6) is 5.75 Å². The maximum absolute atomic E-state index is 12.6. The minimum absolute atomic E-state index is 0.0915. The number of aliphatic hydroxyl groups excluding tert-OH is 1. The molecule has 2 aromatic rings. The van der Waals surface area contributed by atoms with Crippen molar-refractivity contribution in [2.45, 2.75) is 30.8 Å². The van der Waals surface area contributed by atoms with Crippen LogP contribution in [0, 0.1) is 5.92 Å². The van der Waals surface area contributed by atoms with Crippen molar-refractivity contribution in [3.63, 3.8) is 0 Å². The smallest absolute Gasteiger partial charge is 0.412 e. The first-order chi connectivity index (χ1) is 15.4. The number of carboxylic acid groups (broad SMARTS) is 1. The number of aliphatic carboxylic acids is 1. The fourth-order valence-corrected chi connectivity index (χ4v) is 3.50. The zero-order valence-corrected chi connectivity index (χ0v) is 19.0. The zero-order valence-electron chi connectivity index (χ0n) is 18.2. The van der Waals surface area contributed by atoms with Crippen molar-refractivity contribution in [1.82, 2.24) is 0 Å². The first-order valence-corrected chi connectivity index (χ1v) is 11.5. The highest BCUT2D eigenvalue weighted by Crippen LogP contribution is 2.32. The molecule has 0 unspecified atom stereocenters. The van der Waals surface area contributed by atoms with Gasteiger partial charge in [0.25, 0.3) is 0 Å². The maximum Gasteiger partial charge on any atom is 0.412 e. The average Bonchev–Trinajstić information content (AvgIpc) is 2.79. The minimum Gasteiger partial charge on any atom is -0.491 e. The van der Waals surface area contributed by atoms with E-state index in [1.807, 2.05) is 43.5 Å². The predicted octanol–water partition coefficient (Wildman–Crippen LogP) is 5.13. The minimum atomic E-state index is -0.994. The third kappa shape index (κ3) is 8.64. The summed E-state index contributed by atoms with van der Waals surface area (Å²) in [7, 11) is 0. The molecule has 8 heteroatoms. The Bertz CT molecular complexity index is 900. The van der Waals surface area contributed by atoms with Gasteiger partial charge in [-0.1, -0.05) is 25.1 Å². The molecule has 172 valence electrons. The Labute approximate surface area is 192 Å². The number of anilines is 1. The van der Waals surface area contributed by atoms with E-state index in [1.165, 1.54) is 0 Å². The van der Waals surface area contributed by atoms with Crippen LogP contribution >= 0.6 is 11.8 Å². The summed E-state index contributed by atoms with van der Waals surface area (Å²) < 4.78 is 11.3. The Kier molecular flexibility index (Phi) is 10.6. The van der Waals surface area contributed by atoms with Crippen LogP contribution in [0.1, 0.15) is 31.4 Å². The quantitative estimate of drug-likeness (QED) is 0.299. The zero-order chi connectivity index (χ0) is 23.3.